The molecule has 0 bridgehead atoms. The molecule has 0 fully saturated rings. The number of alkyl halides is 3. The van der Waals surface area contributed by atoms with E-state index in [1.807, 2.05) is 6.92 Å². The second kappa shape index (κ2) is 6.77. The lowest BCUT2D eigenvalue weighted by Crippen LogP contribution is -2.35. The first kappa shape index (κ1) is 18.5. The molecule has 3 rings (SSSR count). The van der Waals surface area contributed by atoms with Crippen LogP contribution in [0.2, 0.25) is 0 Å². The number of halogens is 3. The number of aryl methyl sites for hydroxylation is 3. The Morgan fingerprint density at radius 2 is 2.19 bits per heavy atom. The molecule has 26 heavy (non-hydrogen) atoms. The molecule has 2 aromatic rings. The van der Waals surface area contributed by atoms with E-state index < -0.39 is 11.9 Å². The summed E-state index contributed by atoms with van der Waals surface area (Å²) in [6.45, 7) is 4.47. The maximum atomic E-state index is 12.8. The molecule has 1 aliphatic rings. The van der Waals surface area contributed by atoms with Crippen LogP contribution in [-0.4, -0.2) is 39.1 Å². The quantitative estimate of drug-likeness (QED) is 0.830. The van der Waals surface area contributed by atoms with E-state index in [1.165, 1.54) is 0 Å². The lowest BCUT2D eigenvalue weighted by molar-refractivity contribution is -0.141. The maximum absolute atomic E-state index is 12.8. The second-order valence-corrected chi connectivity index (χ2v) is 6.70. The molecule has 0 saturated heterocycles. The lowest BCUT2D eigenvalue weighted by Gasteiger charge is -2.28. The first-order valence-electron chi connectivity index (χ1n) is 8.54. The zero-order chi connectivity index (χ0) is 19.1. The van der Waals surface area contributed by atoms with Gasteiger partial charge in [0.2, 0.25) is 0 Å². The van der Waals surface area contributed by atoms with Gasteiger partial charge in [-0.2, -0.15) is 13.2 Å². The number of hydrogen-bond donors (Lipinski definition) is 0. The highest BCUT2D eigenvalue weighted by Gasteiger charge is 2.36. The standard InChI is InChI=1S/C17H21F3N4O2/c1-4-12-15(10(2)22-26-12)16(25)23(3)7-11-5-6-14-21-13(17(18,19)20)9-24(14)8-11/h9,11H,4-8H2,1-3H3/t11-/m1/s1. The number of imidazole rings is 1. The molecule has 0 N–H and O–H groups in total. The van der Waals surface area contributed by atoms with Crippen molar-refractivity contribution in [3.8, 4) is 0 Å². The fraction of sp³-hybridized carbons (Fsp3) is 0.588. The predicted octanol–water partition coefficient (Wildman–Crippen LogP) is 3.10. The van der Waals surface area contributed by atoms with E-state index in [4.69, 9.17) is 4.52 Å². The third kappa shape index (κ3) is 3.47. The van der Waals surface area contributed by atoms with Gasteiger partial charge >= 0.3 is 6.18 Å². The predicted molar refractivity (Wildman–Crippen MR) is 86.6 cm³/mol. The number of carbonyl (C=O) groups is 1. The number of rotatable bonds is 4. The van der Waals surface area contributed by atoms with E-state index in [2.05, 4.69) is 10.1 Å². The molecule has 6 nitrogen and oxygen atoms in total. The van der Waals surface area contributed by atoms with Gasteiger partial charge in [-0.25, -0.2) is 4.98 Å². The summed E-state index contributed by atoms with van der Waals surface area (Å²) in [6, 6.07) is 0. The third-order valence-electron chi connectivity index (χ3n) is 4.73. The molecule has 0 unspecified atom stereocenters. The Bertz CT molecular complexity index is 810. The van der Waals surface area contributed by atoms with Gasteiger partial charge in [0.25, 0.3) is 5.91 Å². The van der Waals surface area contributed by atoms with Crippen molar-refractivity contribution in [2.45, 2.75) is 45.8 Å². The Labute approximate surface area is 149 Å². The summed E-state index contributed by atoms with van der Waals surface area (Å²) in [6.07, 6.45) is -1.65. The summed E-state index contributed by atoms with van der Waals surface area (Å²) < 4.78 is 45.2. The van der Waals surface area contributed by atoms with Gasteiger partial charge in [0.15, 0.2) is 5.69 Å². The second-order valence-electron chi connectivity index (χ2n) is 6.70. The van der Waals surface area contributed by atoms with Crippen LogP contribution in [0.5, 0.6) is 0 Å². The Morgan fingerprint density at radius 3 is 2.85 bits per heavy atom. The van der Waals surface area contributed by atoms with Crippen LogP contribution in [0, 0.1) is 12.8 Å². The summed E-state index contributed by atoms with van der Waals surface area (Å²) in [7, 11) is 1.69. The van der Waals surface area contributed by atoms with E-state index in [0.29, 0.717) is 55.2 Å². The molecule has 2 aromatic heterocycles. The van der Waals surface area contributed by atoms with Crippen molar-refractivity contribution in [1.82, 2.24) is 19.6 Å². The highest BCUT2D eigenvalue weighted by molar-refractivity contribution is 5.96. The molecular weight excluding hydrogens is 349 g/mol. The molecule has 1 atom stereocenters. The molecule has 1 aliphatic heterocycles. The fourth-order valence-corrected chi connectivity index (χ4v) is 3.39. The first-order valence-corrected chi connectivity index (χ1v) is 8.54. The highest BCUT2D eigenvalue weighted by atomic mass is 19.4. The molecular formula is C17H21F3N4O2. The van der Waals surface area contributed by atoms with Gasteiger partial charge in [-0.1, -0.05) is 12.1 Å². The summed E-state index contributed by atoms with van der Waals surface area (Å²) in [5.41, 5.74) is 0.174. The van der Waals surface area contributed by atoms with E-state index in [-0.39, 0.29) is 11.8 Å². The number of nitrogens with zero attached hydrogens (tertiary/aromatic N) is 4. The van der Waals surface area contributed by atoms with Crippen molar-refractivity contribution in [3.63, 3.8) is 0 Å². The van der Waals surface area contributed by atoms with E-state index in [9.17, 15) is 18.0 Å². The fourth-order valence-electron chi connectivity index (χ4n) is 3.39. The summed E-state index contributed by atoms with van der Waals surface area (Å²) >= 11 is 0. The van der Waals surface area contributed by atoms with Crippen molar-refractivity contribution in [2.75, 3.05) is 13.6 Å². The van der Waals surface area contributed by atoms with Gasteiger partial charge in [-0.3, -0.25) is 4.79 Å². The molecule has 1 amide bonds. The van der Waals surface area contributed by atoms with Crippen LogP contribution in [-0.2, 0) is 25.6 Å². The van der Waals surface area contributed by atoms with Gasteiger partial charge in [0.05, 0.1) is 5.69 Å². The minimum atomic E-state index is -4.44. The van der Waals surface area contributed by atoms with Crippen LogP contribution in [0.1, 0.15) is 46.7 Å². The third-order valence-corrected chi connectivity index (χ3v) is 4.73. The van der Waals surface area contributed by atoms with E-state index >= 15 is 0 Å². The summed E-state index contributed by atoms with van der Waals surface area (Å²) in [5.74, 6) is 0.894. The first-order chi connectivity index (χ1) is 12.2. The monoisotopic (exact) mass is 370 g/mol. The molecule has 0 aliphatic carbocycles. The van der Waals surface area contributed by atoms with Crippen LogP contribution < -0.4 is 0 Å². The van der Waals surface area contributed by atoms with Gasteiger partial charge < -0.3 is 14.0 Å². The zero-order valence-electron chi connectivity index (χ0n) is 14.9. The van der Waals surface area contributed by atoms with Crippen LogP contribution >= 0.6 is 0 Å². The smallest absolute Gasteiger partial charge is 0.360 e. The van der Waals surface area contributed by atoms with E-state index in [0.717, 1.165) is 6.20 Å². The SMILES string of the molecule is CCc1onc(C)c1C(=O)N(C)C[C@H]1CCc2nc(C(F)(F)F)cn2C1. The normalized spacial score (nSPS) is 17.2. The Balaban J connectivity index is 1.69. The van der Waals surface area contributed by atoms with Crippen molar-refractivity contribution in [1.29, 1.82) is 0 Å². The summed E-state index contributed by atoms with van der Waals surface area (Å²) in [4.78, 5) is 18.0. The largest absolute Gasteiger partial charge is 0.434 e. The highest BCUT2D eigenvalue weighted by Crippen LogP contribution is 2.31. The Hall–Kier alpha value is -2.32. The Morgan fingerprint density at radius 1 is 1.46 bits per heavy atom. The molecule has 0 saturated carbocycles. The van der Waals surface area contributed by atoms with Gasteiger partial charge in [0, 0.05) is 39.2 Å². The minimum Gasteiger partial charge on any atom is -0.360 e. The summed E-state index contributed by atoms with van der Waals surface area (Å²) in [5, 5.41) is 3.85. The number of hydrogen-bond acceptors (Lipinski definition) is 4. The van der Waals surface area contributed by atoms with Crippen LogP contribution in [0.25, 0.3) is 0 Å². The van der Waals surface area contributed by atoms with Crippen LogP contribution in [0.3, 0.4) is 0 Å². The van der Waals surface area contributed by atoms with Crippen molar-refractivity contribution >= 4 is 5.91 Å². The van der Waals surface area contributed by atoms with E-state index in [1.54, 1.807) is 23.4 Å². The average Bonchev–Trinajstić information content (AvgIpc) is 3.16. The van der Waals surface area contributed by atoms with Crippen molar-refractivity contribution < 1.29 is 22.5 Å². The lowest BCUT2D eigenvalue weighted by atomic mass is 9.98. The Kier molecular flexibility index (Phi) is 4.81. The average molecular weight is 370 g/mol. The number of carbonyl (C=O) groups excluding carboxylic acids is 1. The minimum absolute atomic E-state index is 0.0666. The number of amides is 1. The van der Waals surface area contributed by atoms with Gasteiger partial charge in [-0.05, 0) is 19.3 Å². The zero-order valence-corrected chi connectivity index (χ0v) is 14.9. The molecule has 9 heteroatoms. The van der Waals surface area contributed by atoms with Crippen molar-refractivity contribution in [3.05, 3.63) is 34.7 Å². The molecule has 0 spiro atoms. The number of fused-ring (bicyclic) bond motifs is 1. The molecule has 0 aromatic carbocycles. The van der Waals surface area contributed by atoms with Crippen molar-refractivity contribution in [2.24, 2.45) is 5.92 Å². The topological polar surface area (TPSA) is 64.2 Å². The molecule has 0 radical (unpaired) electrons. The molecule has 142 valence electrons. The maximum Gasteiger partial charge on any atom is 0.434 e. The van der Waals surface area contributed by atoms with Gasteiger partial charge in [0.1, 0.15) is 17.1 Å². The van der Waals surface area contributed by atoms with Gasteiger partial charge in [-0.15, -0.1) is 0 Å². The molecule has 3 heterocycles. The van der Waals surface area contributed by atoms with Crippen LogP contribution in [0.15, 0.2) is 10.7 Å². The van der Waals surface area contributed by atoms with Crippen LogP contribution in [0.4, 0.5) is 13.2 Å². The number of aromatic nitrogens is 3.